The number of benzene rings is 3. The van der Waals surface area contributed by atoms with E-state index in [1.165, 1.54) is 0 Å². The van der Waals surface area contributed by atoms with Crippen LogP contribution in [0.5, 0.6) is 5.75 Å². The highest BCUT2D eigenvalue weighted by atomic mass is 32.1. The van der Waals surface area contributed by atoms with Gasteiger partial charge in [-0.05, 0) is 86.2 Å². The standard InChI is InChI=1S/C25H25N3O3S/c1-3-17(2)31-22-15-9-19(10-16-22)24(30)28-25(32)27-21-13-11-20(12-14-21)26-23(29)18-7-5-4-6-8-18/h4-17H,3H2,1-2H3,(H,26,29)(H2,27,28,30,32). The highest BCUT2D eigenvalue weighted by Gasteiger charge is 2.10. The number of thiocarbonyl (C=S) groups is 1. The topological polar surface area (TPSA) is 79.5 Å². The van der Waals surface area contributed by atoms with Crippen molar-refractivity contribution < 1.29 is 14.3 Å². The first-order chi connectivity index (χ1) is 15.4. The molecule has 0 aliphatic heterocycles. The van der Waals surface area contributed by atoms with Crippen molar-refractivity contribution in [3.05, 3.63) is 90.0 Å². The summed E-state index contributed by atoms with van der Waals surface area (Å²) in [6, 6.07) is 22.9. The van der Waals surface area contributed by atoms with Crippen LogP contribution in [-0.2, 0) is 0 Å². The minimum absolute atomic E-state index is 0.115. The van der Waals surface area contributed by atoms with Gasteiger partial charge >= 0.3 is 0 Å². The monoisotopic (exact) mass is 447 g/mol. The molecule has 7 heteroatoms. The van der Waals surface area contributed by atoms with Crippen molar-refractivity contribution >= 4 is 40.5 Å². The highest BCUT2D eigenvalue weighted by Crippen LogP contribution is 2.16. The predicted molar refractivity (Wildman–Crippen MR) is 131 cm³/mol. The molecule has 3 rings (SSSR count). The lowest BCUT2D eigenvalue weighted by atomic mass is 10.2. The average molecular weight is 448 g/mol. The van der Waals surface area contributed by atoms with E-state index >= 15 is 0 Å². The van der Waals surface area contributed by atoms with Crippen LogP contribution in [0.4, 0.5) is 11.4 Å². The Kier molecular flexibility index (Phi) is 7.94. The smallest absolute Gasteiger partial charge is 0.257 e. The fourth-order valence-corrected chi connectivity index (χ4v) is 2.98. The minimum atomic E-state index is -0.315. The minimum Gasteiger partial charge on any atom is -0.491 e. The molecule has 164 valence electrons. The van der Waals surface area contributed by atoms with Gasteiger partial charge in [0, 0.05) is 22.5 Å². The molecule has 32 heavy (non-hydrogen) atoms. The van der Waals surface area contributed by atoms with Gasteiger partial charge in [-0.3, -0.25) is 14.9 Å². The molecule has 1 atom stereocenters. The Morgan fingerprint density at radius 2 is 1.38 bits per heavy atom. The van der Waals surface area contributed by atoms with Crippen LogP contribution in [0.25, 0.3) is 0 Å². The van der Waals surface area contributed by atoms with Gasteiger partial charge in [-0.1, -0.05) is 25.1 Å². The average Bonchev–Trinajstić information content (AvgIpc) is 2.81. The zero-order valence-corrected chi connectivity index (χ0v) is 18.7. The normalized spacial score (nSPS) is 11.2. The number of nitrogens with one attached hydrogen (secondary N) is 3. The van der Waals surface area contributed by atoms with Gasteiger partial charge in [-0.2, -0.15) is 0 Å². The summed E-state index contributed by atoms with van der Waals surface area (Å²) >= 11 is 5.24. The van der Waals surface area contributed by atoms with E-state index in [1.807, 2.05) is 25.1 Å². The van der Waals surface area contributed by atoms with Crippen molar-refractivity contribution in [3.63, 3.8) is 0 Å². The number of hydrogen-bond donors (Lipinski definition) is 3. The van der Waals surface area contributed by atoms with Crippen LogP contribution in [-0.4, -0.2) is 23.0 Å². The Morgan fingerprint density at radius 1 is 0.812 bits per heavy atom. The van der Waals surface area contributed by atoms with Crippen LogP contribution in [0.3, 0.4) is 0 Å². The Balaban J connectivity index is 1.51. The SMILES string of the molecule is CCC(C)Oc1ccc(C(=O)NC(=S)Nc2ccc(NC(=O)c3ccccc3)cc2)cc1. The van der Waals surface area contributed by atoms with Crippen molar-refractivity contribution in [2.24, 2.45) is 0 Å². The zero-order chi connectivity index (χ0) is 22.9. The maximum atomic E-state index is 12.4. The maximum absolute atomic E-state index is 12.4. The molecule has 3 N–H and O–H groups in total. The molecule has 1 unspecified atom stereocenters. The molecule has 0 aliphatic carbocycles. The summed E-state index contributed by atoms with van der Waals surface area (Å²) in [5.41, 5.74) is 2.40. The lowest BCUT2D eigenvalue weighted by Gasteiger charge is -2.13. The molecule has 6 nitrogen and oxygen atoms in total. The number of carbonyl (C=O) groups is 2. The van der Waals surface area contributed by atoms with Crippen molar-refractivity contribution in [2.75, 3.05) is 10.6 Å². The summed E-state index contributed by atoms with van der Waals surface area (Å²) in [5, 5.41) is 8.63. The fourth-order valence-electron chi connectivity index (χ4n) is 2.77. The van der Waals surface area contributed by atoms with Gasteiger partial charge in [0.1, 0.15) is 5.75 Å². The molecule has 0 spiro atoms. The van der Waals surface area contributed by atoms with E-state index in [9.17, 15) is 9.59 Å². The van der Waals surface area contributed by atoms with E-state index in [1.54, 1.807) is 60.7 Å². The Labute approximate surface area is 193 Å². The molecule has 0 radical (unpaired) electrons. The third-order valence-corrected chi connectivity index (χ3v) is 4.90. The summed E-state index contributed by atoms with van der Waals surface area (Å²) in [7, 11) is 0. The zero-order valence-electron chi connectivity index (χ0n) is 17.9. The third kappa shape index (κ3) is 6.65. The van der Waals surface area contributed by atoms with E-state index in [0.29, 0.717) is 22.5 Å². The van der Waals surface area contributed by atoms with Crippen molar-refractivity contribution in [3.8, 4) is 5.75 Å². The van der Waals surface area contributed by atoms with Gasteiger partial charge in [0.25, 0.3) is 11.8 Å². The predicted octanol–water partition coefficient (Wildman–Crippen LogP) is 5.24. The summed E-state index contributed by atoms with van der Waals surface area (Å²) in [6.07, 6.45) is 1.02. The van der Waals surface area contributed by atoms with E-state index in [-0.39, 0.29) is 23.0 Å². The fraction of sp³-hybridized carbons (Fsp3) is 0.160. The number of carbonyl (C=O) groups excluding carboxylic acids is 2. The number of hydrogen-bond acceptors (Lipinski definition) is 4. The van der Waals surface area contributed by atoms with Crippen LogP contribution in [0.1, 0.15) is 41.0 Å². The molecule has 0 aromatic heterocycles. The molecule has 0 fully saturated rings. The molecule has 0 heterocycles. The highest BCUT2D eigenvalue weighted by molar-refractivity contribution is 7.80. The second-order valence-corrected chi connectivity index (χ2v) is 7.58. The number of rotatable bonds is 7. The van der Waals surface area contributed by atoms with Gasteiger partial charge in [0.05, 0.1) is 6.10 Å². The van der Waals surface area contributed by atoms with Crippen molar-refractivity contribution in [2.45, 2.75) is 26.4 Å². The first-order valence-corrected chi connectivity index (χ1v) is 10.7. The summed E-state index contributed by atoms with van der Waals surface area (Å²) in [5.74, 6) is 0.218. The molecular weight excluding hydrogens is 422 g/mol. The van der Waals surface area contributed by atoms with E-state index in [2.05, 4.69) is 22.9 Å². The maximum Gasteiger partial charge on any atom is 0.257 e. The summed E-state index contributed by atoms with van der Waals surface area (Å²) < 4.78 is 5.72. The van der Waals surface area contributed by atoms with E-state index in [0.717, 1.165) is 12.2 Å². The van der Waals surface area contributed by atoms with E-state index < -0.39 is 0 Å². The van der Waals surface area contributed by atoms with Crippen LogP contribution >= 0.6 is 12.2 Å². The van der Waals surface area contributed by atoms with Gasteiger partial charge in [-0.25, -0.2) is 0 Å². The third-order valence-electron chi connectivity index (χ3n) is 4.69. The second kappa shape index (κ2) is 11.1. The largest absolute Gasteiger partial charge is 0.491 e. The molecule has 0 bridgehead atoms. The molecule has 0 saturated heterocycles. The first-order valence-electron chi connectivity index (χ1n) is 10.3. The Hall–Kier alpha value is -3.71. The van der Waals surface area contributed by atoms with Crippen LogP contribution < -0.4 is 20.7 Å². The molecule has 0 saturated carbocycles. The number of ether oxygens (including phenoxy) is 1. The molecule has 2 amide bonds. The lowest BCUT2D eigenvalue weighted by molar-refractivity contribution is 0.0976. The summed E-state index contributed by atoms with van der Waals surface area (Å²) in [4.78, 5) is 24.6. The second-order valence-electron chi connectivity index (χ2n) is 7.17. The van der Waals surface area contributed by atoms with E-state index in [4.69, 9.17) is 17.0 Å². The van der Waals surface area contributed by atoms with Gasteiger partial charge in [0.15, 0.2) is 5.11 Å². The molecule has 3 aromatic rings. The molecule has 0 aliphatic rings. The molecular formula is C25H25N3O3S. The van der Waals surface area contributed by atoms with Crippen LogP contribution in [0.2, 0.25) is 0 Å². The van der Waals surface area contributed by atoms with Crippen molar-refractivity contribution in [1.29, 1.82) is 0 Å². The Bertz CT molecular complexity index is 1070. The van der Waals surface area contributed by atoms with Gasteiger partial charge in [0.2, 0.25) is 0 Å². The Morgan fingerprint density at radius 3 is 1.97 bits per heavy atom. The summed E-state index contributed by atoms with van der Waals surface area (Å²) in [6.45, 7) is 4.04. The molecule has 3 aromatic carbocycles. The van der Waals surface area contributed by atoms with Crippen LogP contribution in [0, 0.1) is 0 Å². The number of amides is 2. The van der Waals surface area contributed by atoms with Gasteiger partial charge in [-0.15, -0.1) is 0 Å². The quantitative estimate of drug-likeness (QED) is 0.432. The van der Waals surface area contributed by atoms with Gasteiger partial charge < -0.3 is 15.4 Å². The lowest BCUT2D eigenvalue weighted by Crippen LogP contribution is -2.34. The number of anilines is 2. The first kappa shape index (κ1) is 23.0. The van der Waals surface area contributed by atoms with Crippen molar-refractivity contribution in [1.82, 2.24) is 5.32 Å². The van der Waals surface area contributed by atoms with Crippen LogP contribution in [0.15, 0.2) is 78.9 Å².